The highest BCUT2D eigenvalue weighted by Crippen LogP contribution is 2.29. The van der Waals surface area contributed by atoms with Gasteiger partial charge >= 0.3 is 0 Å². The van der Waals surface area contributed by atoms with Crippen LogP contribution in [0.25, 0.3) is 11.5 Å². The van der Waals surface area contributed by atoms with Gasteiger partial charge < -0.3 is 9.62 Å². The van der Waals surface area contributed by atoms with E-state index in [1.807, 2.05) is 42.5 Å². The molecule has 0 spiro atoms. The summed E-state index contributed by atoms with van der Waals surface area (Å²) in [7, 11) is 0. The number of nitrogens with zero attached hydrogens (tertiary/aromatic N) is 3. The van der Waals surface area contributed by atoms with Gasteiger partial charge in [-0.05, 0) is 30.7 Å². The summed E-state index contributed by atoms with van der Waals surface area (Å²) in [6.07, 6.45) is 0.976. The largest absolute Gasteiger partial charge is 0.595 e. The van der Waals surface area contributed by atoms with Gasteiger partial charge in [-0.25, -0.2) is 5.21 Å². The first kappa shape index (κ1) is 16.9. The minimum Gasteiger partial charge on any atom is -0.595 e. The van der Waals surface area contributed by atoms with E-state index < -0.39 is 5.23 Å². The van der Waals surface area contributed by atoms with E-state index in [0.29, 0.717) is 17.5 Å². The lowest BCUT2D eigenvalue weighted by Crippen LogP contribution is -2.99. The number of hydrogen-bond acceptors (Lipinski definition) is 6. The Hall–Kier alpha value is -2.58. The van der Waals surface area contributed by atoms with E-state index in [2.05, 4.69) is 15.1 Å². The maximum absolute atomic E-state index is 10.9. The van der Waals surface area contributed by atoms with Crippen LogP contribution in [0.3, 0.4) is 0 Å². The molecule has 1 aromatic heterocycles. The summed E-state index contributed by atoms with van der Waals surface area (Å²) in [6, 6.07) is 16.8. The van der Waals surface area contributed by atoms with Gasteiger partial charge in [0.05, 0.1) is 5.92 Å². The molecule has 1 aliphatic rings. The lowest BCUT2D eigenvalue weighted by molar-refractivity contribution is -0.991. The molecule has 134 valence electrons. The van der Waals surface area contributed by atoms with Crippen molar-refractivity contribution in [3.63, 3.8) is 0 Å². The second-order valence-electron chi connectivity index (χ2n) is 6.53. The van der Waals surface area contributed by atoms with Gasteiger partial charge in [-0.2, -0.15) is 5.23 Å². The van der Waals surface area contributed by atoms with E-state index in [-0.39, 0.29) is 5.92 Å². The molecule has 2 atom stereocenters. The molecule has 0 radical (unpaired) electrons. The van der Waals surface area contributed by atoms with Crippen molar-refractivity contribution in [2.45, 2.75) is 18.9 Å². The van der Waals surface area contributed by atoms with E-state index in [9.17, 15) is 5.21 Å². The maximum atomic E-state index is 10.9. The summed E-state index contributed by atoms with van der Waals surface area (Å²) in [5.41, 5.74) is 2.35. The molecule has 3 aromatic rings. The Labute approximate surface area is 151 Å². The Morgan fingerprint density at radius 1 is 1.12 bits per heavy atom. The van der Waals surface area contributed by atoms with Gasteiger partial charge in [0.25, 0.3) is 0 Å². The zero-order valence-electron chi connectivity index (χ0n) is 14.2. The van der Waals surface area contributed by atoms with Crippen molar-refractivity contribution in [1.29, 1.82) is 0 Å². The lowest BCUT2D eigenvalue weighted by atomic mass is 10.1. The molecule has 2 aromatic carbocycles. The van der Waals surface area contributed by atoms with Gasteiger partial charge in [-0.3, -0.25) is 4.90 Å². The second-order valence-corrected chi connectivity index (χ2v) is 6.53. The van der Waals surface area contributed by atoms with E-state index in [4.69, 9.17) is 9.62 Å². The van der Waals surface area contributed by atoms with Gasteiger partial charge in [0.1, 0.15) is 0 Å². The number of benzene rings is 2. The number of quaternary nitrogens is 1. The van der Waals surface area contributed by atoms with Gasteiger partial charge in [0.15, 0.2) is 5.69 Å². The van der Waals surface area contributed by atoms with E-state index in [1.165, 1.54) is 0 Å². The molecule has 26 heavy (non-hydrogen) atoms. The SMILES string of the molecule is [O-][NH+](O)c1ccc(CN2CCC(c3nnc(-c4ccccc4)o3)C2)cc1. The van der Waals surface area contributed by atoms with Crippen LogP contribution >= 0.6 is 0 Å². The number of rotatable bonds is 5. The minimum atomic E-state index is -0.900. The van der Waals surface area contributed by atoms with Crippen molar-refractivity contribution in [2.24, 2.45) is 0 Å². The molecule has 0 saturated carbocycles. The van der Waals surface area contributed by atoms with Crippen molar-refractivity contribution >= 4 is 5.69 Å². The number of aromatic nitrogens is 2. The Kier molecular flexibility index (Phi) is 4.77. The van der Waals surface area contributed by atoms with Gasteiger partial charge in [0.2, 0.25) is 11.8 Å². The Bertz CT molecular complexity index is 849. The highest BCUT2D eigenvalue weighted by Gasteiger charge is 2.28. The minimum absolute atomic E-state index is 0.234. The average Bonchev–Trinajstić information content (AvgIpc) is 3.32. The molecule has 1 aliphatic heterocycles. The summed E-state index contributed by atoms with van der Waals surface area (Å²) in [6.45, 7) is 2.60. The fourth-order valence-electron chi connectivity index (χ4n) is 3.29. The molecule has 0 aliphatic carbocycles. The zero-order valence-corrected chi connectivity index (χ0v) is 14.2. The maximum Gasteiger partial charge on any atom is 0.247 e. The average molecular weight is 352 g/mol. The molecule has 7 heteroatoms. The highest BCUT2D eigenvalue weighted by atomic mass is 16.8. The van der Waals surface area contributed by atoms with Crippen molar-refractivity contribution in [2.75, 3.05) is 13.1 Å². The molecule has 2 unspecified atom stereocenters. The summed E-state index contributed by atoms with van der Waals surface area (Å²) in [5.74, 6) is 1.48. The first-order valence-corrected chi connectivity index (χ1v) is 8.62. The quantitative estimate of drug-likeness (QED) is 0.684. The third-order valence-corrected chi connectivity index (χ3v) is 4.69. The molecule has 0 amide bonds. The van der Waals surface area contributed by atoms with Crippen molar-refractivity contribution in [1.82, 2.24) is 15.1 Å². The molecule has 4 rings (SSSR count). The number of hydrogen-bond donors (Lipinski definition) is 2. The number of likely N-dealkylation sites (tertiary alicyclic amines) is 1. The van der Waals surface area contributed by atoms with Crippen LogP contribution in [0, 0.1) is 5.21 Å². The predicted octanol–water partition coefficient (Wildman–Crippen LogP) is 2.13. The first-order chi connectivity index (χ1) is 12.7. The Morgan fingerprint density at radius 2 is 1.88 bits per heavy atom. The second kappa shape index (κ2) is 7.35. The van der Waals surface area contributed by atoms with E-state index in [1.54, 1.807) is 12.1 Å². The van der Waals surface area contributed by atoms with E-state index in [0.717, 1.165) is 37.2 Å². The predicted molar refractivity (Wildman–Crippen MR) is 94.6 cm³/mol. The lowest BCUT2D eigenvalue weighted by Gasteiger charge is -2.16. The highest BCUT2D eigenvalue weighted by molar-refractivity contribution is 5.51. The van der Waals surface area contributed by atoms with Gasteiger partial charge in [-0.1, -0.05) is 30.3 Å². The molecule has 2 heterocycles. The van der Waals surface area contributed by atoms with Crippen LogP contribution in [0.1, 0.15) is 23.8 Å². The van der Waals surface area contributed by atoms with Crippen molar-refractivity contribution in [3.8, 4) is 11.5 Å². The smallest absolute Gasteiger partial charge is 0.247 e. The van der Waals surface area contributed by atoms with Crippen molar-refractivity contribution in [3.05, 3.63) is 71.3 Å². The van der Waals surface area contributed by atoms with E-state index >= 15 is 0 Å². The number of nitrogens with one attached hydrogen (secondary N) is 1. The molecule has 7 nitrogen and oxygen atoms in total. The van der Waals surface area contributed by atoms with Gasteiger partial charge in [0, 0.05) is 30.8 Å². The topological polar surface area (TPSA) is 89.9 Å². The van der Waals surface area contributed by atoms with Gasteiger partial charge in [-0.15, -0.1) is 10.2 Å². The van der Waals surface area contributed by atoms with Crippen LogP contribution < -0.4 is 5.23 Å². The van der Waals surface area contributed by atoms with Crippen molar-refractivity contribution < 1.29 is 14.9 Å². The summed E-state index contributed by atoms with van der Waals surface area (Å²) in [4.78, 5) is 2.33. The summed E-state index contributed by atoms with van der Waals surface area (Å²) >= 11 is 0. The fraction of sp³-hybridized carbons (Fsp3) is 0.263. The normalized spacial score (nSPS) is 18.9. The Morgan fingerprint density at radius 3 is 2.62 bits per heavy atom. The molecular weight excluding hydrogens is 332 g/mol. The van der Waals surface area contributed by atoms with Crippen LogP contribution in [0.2, 0.25) is 0 Å². The summed E-state index contributed by atoms with van der Waals surface area (Å²) in [5, 5.41) is 27.4. The van der Waals surface area contributed by atoms with Crippen LogP contribution in [-0.2, 0) is 6.54 Å². The first-order valence-electron chi connectivity index (χ1n) is 8.62. The molecule has 0 bridgehead atoms. The molecule has 1 fully saturated rings. The summed E-state index contributed by atoms with van der Waals surface area (Å²) < 4.78 is 5.88. The third kappa shape index (κ3) is 3.66. The Balaban J connectivity index is 1.39. The van der Waals surface area contributed by atoms with Crippen LogP contribution in [0.4, 0.5) is 5.69 Å². The standard InChI is InChI=1S/C19H20N4O3/c24-23(25)17-8-6-14(7-9-17)12-22-11-10-16(13-22)19-21-20-18(26-19)15-4-2-1-3-5-15/h1-9,16,23-24H,10-13H2. The molecule has 2 N–H and O–H groups in total. The monoisotopic (exact) mass is 352 g/mol. The third-order valence-electron chi connectivity index (χ3n) is 4.69. The van der Waals surface area contributed by atoms with Crippen LogP contribution in [-0.4, -0.2) is 33.4 Å². The fourth-order valence-corrected chi connectivity index (χ4v) is 3.29. The van der Waals surface area contributed by atoms with Crippen LogP contribution in [0.5, 0.6) is 0 Å². The molecule has 1 saturated heterocycles. The molecular formula is C19H20N4O3. The van der Waals surface area contributed by atoms with Crippen LogP contribution in [0.15, 0.2) is 59.0 Å². The zero-order chi connectivity index (χ0) is 17.9.